The van der Waals surface area contributed by atoms with Crippen LogP contribution in [0.25, 0.3) is 0 Å². The molecule has 1 aromatic rings. The summed E-state index contributed by atoms with van der Waals surface area (Å²) in [5.41, 5.74) is 6.88. The van der Waals surface area contributed by atoms with Crippen molar-refractivity contribution in [2.24, 2.45) is 17.6 Å². The molecule has 0 heterocycles. The lowest BCUT2D eigenvalue weighted by Crippen LogP contribution is -2.30. The molecule has 0 aliphatic carbocycles. The fourth-order valence-corrected chi connectivity index (χ4v) is 2.39. The predicted octanol–water partition coefficient (Wildman–Crippen LogP) is 3.01. The van der Waals surface area contributed by atoms with Crippen LogP contribution in [0.4, 0.5) is 0 Å². The number of nitrogens with one attached hydrogen (secondary N) is 1. The van der Waals surface area contributed by atoms with Crippen LogP contribution in [0.2, 0.25) is 5.02 Å². The van der Waals surface area contributed by atoms with Crippen molar-refractivity contribution in [1.82, 2.24) is 5.32 Å². The van der Waals surface area contributed by atoms with Crippen molar-refractivity contribution in [2.45, 2.75) is 33.1 Å². The predicted molar refractivity (Wildman–Crippen MR) is 84.8 cm³/mol. The fraction of sp³-hybridized carbons (Fsp3) is 0.562. The lowest BCUT2D eigenvalue weighted by atomic mass is 9.94. The van der Waals surface area contributed by atoms with Gasteiger partial charge in [-0.15, -0.1) is 0 Å². The fourth-order valence-electron chi connectivity index (χ4n) is 2.26. The Morgan fingerprint density at radius 2 is 1.95 bits per heavy atom. The second kappa shape index (κ2) is 8.98. The summed E-state index contributed by atoms with van der Waals surface area (Å²) in [7, 11) is 0. The average molecular weight is 297 g/mol. The van der Waals surface area contributed by atoms with Gasteiger partial charge in [0, 0.05) is 18.0 Å². The molecule has 1 rings (SSSR count). The highest BCUT2D eigenvalue weighted by molar-refractivity contribution is 6.30. The summed E-state index contributed by atoms with van der Waals surface area (Å²) in [6.07, 6.45) is 2.34. The summed E-state index contributed by atoms with van der Waals surface area (Å²) in [4.78, 5) is 11.9. The van der Waals surface area contributed by atoms with E-state index in [4.69, 9.17) is 17.3 Å². The lowest BCUT2D eigenvalue weighted by Gasteiger charge is -2.16. The zero-order chi connectivity index (χ0) is 15.0. The Kier molecular flexibility index (Phi) is 7.63. The molecule has 3 nitrogen and oxygen atoms in total. The van der Waals surface area contributed by atoms with E-state index in [2.05, 4.69) is 19.2 Å². The van der Waals surface area contributed by atoms with Gasteiger partial charge in [-0.25, -0.2) is 0 Å². The summed E-state index contributed by atoms with van der Waals surface area (Å²) in [6.45, 7) is 5.53. The molecule has 20 heavy (non-hydrogen) atoms. The first-order valence-corrected chi connectivity index (χ1v) is 7.60. The van der Waals surface area contributed by atoms with Crippen LogP contribution >= 0.6 is 11.6 Å². The van der Waals surface area contributed by atoms with E-state index in [1.807, 2.05) is 24.3 Å². The molecule has 0 radical (unpaired) electrons. The Labute approximate surface area is 126 Å². The van der Waals surface area contributed by atoms with E-state index in [0.717, 1.165) is 17.9 Å². The molecule has 4 heteroatoms. The summed E-state index contributed by atoms with van der Waals surface area (Å²) in [5, 5.41) is 3.69. The maximum absolute atomic E-state index is 11.9. The van der Waals surface area contributed by atoms with Crippen molar-refractivity contribution < 1.29 is 4.79 Å². The summed E-state index contributed by atoms with van der Waals surface area (Å²) < 4.78 is 0. The molecule has 1 aromatic carbocycles. The Hall–Kier alpha value is -1.06. The molecule has 112 valence electrons. The quantitative estimate of drug-likeness (QED) is 0.775. The van der Waals surface area contributed by atoms with Crippen LogP contribution in [-0.2, 0) is 11.2 Å². The number of halogens is 1. The van der Waals surface area contributed by atoms with Crippen molar-refractivity contribution >= 4 is 17.5 Å². The van der Waals surface area contributed by atoms with Gasteiger partial charge in [-0.3, -0.25) is 4.79 Å². The number of hydrogen-bond donors (Lipinski definition) is 2. The van der Waals surface area contributed by atoms with E-state index in [-0.39, 0.29) is 11.8 Å². The standard InChI is InChI=1S/C16H25ClN2O/c1-12(2)9-14(11-18)10-16(20)19-8-7-13-3-5-15(17)6-4-13/h3-6,12,14H,7-11,18H2,1-2H3,(H,19,20)/t14-/m0/s1. The number of carbonyl (C=O) groups is 1. The van der Waals surface area contributed by atoms with Crippen molar-refractivity contribution in [3.8, 4) is 0 Å². The van der Waals surface area contributed by atoms with Crippen LogP contribution < -0.4 is 11.1 Å². The molecule has 0 aliphatic rings. The first kappa shape index (κ1) is 17.0. The first-order chi connectivity index (χ1) is 9.51. The van der Waals surface area contributed by atoms with Crippen molar-refractivity contribution in [3.05, 3.63) is 34.9 Å². The van der Waals surface area contributed by atoms with Gasteiger partial charge in [-0.2, -0.15) is 0 Å². The van der Waals surface area contributed by atoms with Crippen LogP contribution in [0, 0.1) is 11.8 Å². The highest BCUT2D eigenvalue weighted by Gasteiger charge is 2.13. The molecule has 0 saturated carbocycles. The molecular formula is C16H25ClN2O. The monoisotopic (exact) mass is 296 g/mol. The molecule has 0 aliphatic heterocycles. The highest BCUT2D eigenvalue weighted by atomic mass is 35.5. The molecule has 1 amide bonds. The third-order valence-corrected chi connectivity index (χ3v) is 3.51. The van der Waals surface area contributed by atoms with Crippen molar-refractivity contribution in [2.75, 3.05) is 13.1 Å². The van der Waals surface area contributed by atoms with Crippen LogP contribution in [0.15, 0.2) is 24.3 Å². The summed E-state index contributed by atoms with van der Waals surface area (Å²) in [6, 6.07) is 7.70. The van der Waals surface area contributed by atoms with Gasteiger partial charge >= 0.3 is 0 Å². The van der Waals surface area contributed by atoms with E-state index in [9.17, 15) is 4.79 Å². The van der Waals surface area contributed by atoms with Gasteiger partial charge in [-0.05, 0) is 48.9 Å². The molecule has 0 bridgehead atoms. The number of benzene rings is 1. The van der Waals surface area contributed by atoms with Crippen molar-refractivity contribution in [1.29, 1.82) is 0 Å². The largest absolute Gasteiger partial charge is 0.356 e. The van der Waals surface area contributed by atoms with Gasteiger partial charge in [0.05, 0.1) is 0 Å². The zero-order valence-electron chi connectivity index (χ0n) is 12.4. The Morgan fingerprint density at radius 3 is 2.50 bits per heavy atom. The maximum atomic E-state index is 11.9. The zero-order valence-corrected chi connectivity index (χ0v) is 13.1. The van der Waals surface area contributed by atoms with E-state index in [1.54, 1.807) is 0 Å². The maximum Gasteiger partial charge on any atom is 0.220 e. The van der Waals surface area contributed by atoms with Crippen LogP contribution in [0.3, 0.4) is 0 Å². The molecule has 0 saturated heterocycles. The number of carbonyl (C=O) groups excluding carboxylic acids is 1. The molecule has 1 atom stereocenters. The minimum absolute atomic E-state index is 0.0927. The number of rotatable bonds is 8. The molecule has 0 spiro atoms. The average Bonchev–Trinajstić information content (AvgIpc) is 2.39. The van der Waals surface area contributed by atoms with Crippen LogP contribution in [0.1, 0.15) is 32.3 Å². The molecule has 0 aromatic heterocycles. The van der Waals surface area contributed by atoms with Gasteiger partial charge < -0.3 is 11.1 Å². The second-order valence-electron chi connectivity index (χ2n) is 5.66. The Balaban J connectivity index is 2.27. The van der Waals surface area contributed by atoms with E-state index in [1.165, 1.54) is 5.56 Å². The Bertz CT molecular complexity index is 403. The lowest BCUT2D eigenvalue weighted by molar-refractivity contribution is -0.122. The SMILES string of the molecule is CC(C)C[C@H](CN)CC(=O)NCCc1ccc(Cl)cc1. The van der Waals surface area contributed by atoms with Gasteiger partial charge in [-0.1, -0.05) is 37.6 Å². The molecule has 0 unspecified atom stereocenters. The number of nitrogens with two attached hydrogens (primary N) is 1. The molecular weight excluding hydrogens is 272 g/mol. The summed E-state index contributed by atoms with van der Waals surface area (Å²) in [5.74, 6) is 0.950. The van der Waals surface area contributed by atoms with E-state index in [0.29, 0.717) is 25.4 Å². The smallest absolute Gasteiger partial charge is 0.220 e. The van der Waals surface area contributed by atoms with Crippen LogP contribution in [0.5, 0.6) is 0 Å². The molecule has 0 fully saturated rings. The van der Waals surface area contributed by atoms with Gasteiger partial charge in [0.25, 0.3) is 0 Å². The van der Waals surface area contributed by atoms with Crippen molar-refractivity contribution in [3.63, 3.8) is 0 Å². The minimum atomic E-state index is 0.0927. The van der Waals surface area contributed by atoms with Gasteiger partial charge in [0.15, 0.2) is 0 Å². The van der Waals surface area contributed by atoms with Gasteiger partial charge in [0.2, 0.25) is 5.91 Å². The Morgan fingerprint density at radius 1 is 1.30 bits per heavy atom. The summed E-state index contributed by atoms with van der Waals surface area (Å²) >= 11 is 5.83. The van der Waals surface area contributed by atoms with E-state index >= 15 is 0 Å². The normalized spacial score (nSPS) is 12.4. The second-order valence-corrected chi connectivity index (χ2v) is 6.10. The third-order valence-electron chi connectivity index (χ3n) is 3.26. The topological polar surface area (TPSA) is 55.1 Å². The number of amides is 1. The highest BCUT2D eigenvalue weighted by Crippen LogP contribution is 2.14. The third kappa shape index (κ3) is 6.92. The minimum Gasteiger partial charge on any atom is -0.356 e. The first-order valence-electron chi connectivity index (χ1n) is 7.22. The van der Waals surface area contributed by atoms with Gasteiger partial charge in [0.1, 0.15) is 0 Å². The van der Waals surface area contributed by atoms with Crippen LogP contribution in [-0.4, -0.2) is 19.0 Å². The van der Waals surface area contributed by atoms with E-state index < -0.39 is 0 Å². The molecule has 3 N–H and O–H groups in total. The number of hydrogen-bond acceptors (Lipinski definition) is 2.